The Morgan fingerprint density at radius 3 is 2.28 bits per heavy atom. The third-order valence-electron chi connectivity index (χ3n) is 5.25. The summed E-state index contributed by atoms with van der Waals surface area (Å²) < 4.78 is 24.6. The summed E-state index contributed by atoms with van der Waals surface area (Å²) in [4.78, 5) is 4.80. The number of ether oxygens (including phenoxy) is 4. The summed E-state index contributed by atoms with van der Waals surface area (Å²) in [5.74, 6) is 4.12. The second-order valence-electron chi connectivity index (χ2n) is 7.37. The van der Waals surface area contributed by atoms with E-state index < -0.39 is 0 Å². The normalized spacial score (nSPS) is 10.8. The van der Waals surface area contributed by atoms with Gasteiger partial charge in [-0.15, -0.1) is 0 Å². The number of hydrogen-bond acceptors (Lipinski definition) is 5. The maximum Gasteiger partial charge on any atom is 0.147 e. The van der Waals surface area contributed by atoms with Gasteiger partial charge >= 0.3 is 0 Å². The molecular weight excluding hydrogens is 404 g/mol. The standard InChI is InChI=1S/C26H28N2O4/c1-29-20-12-14-21(15-13-20)31-17-6-5-16-28-25-11-4-3-10-24(25)27-26(28)19-32-23-9-7-8-22(18-23)30-2/h3-4,7-15,18H,5-6,16-17,19H2,1-2H3. The quantitative estimate of drug-likeness (QED) is 0.293. The Bertz CT molecular complexity index is 1140. The molecule has 0 radical (unpaired) electrons. The van der Waals surface area contributed by atoms with E-state index in [-0.39, 0.29) is 0 Å². The molecule has 0 atom stereocenters. The highest BCUT2D eigenvalue weighted by Crippen LogP contribution is 2.22. The average molecular weight is 433 g/mol. The third-order valence-corrected chi connectivity index (χ3v) is 5.25. The summed E-state index contributed by atoms with van der Waals surface area (Å²) in [5.41, 5.74) is 2.10. The highest BCUT2D eigenvalue weighted by molar-refractivity contribution is 5.75. The smallest absolute Gasteiger partial charge is 0.147 e. The molecule has 0 spiro atoms. The van der Waals surface area contributed by atoms with Gasteiger partial charge in [0.1, 0.15) is 35.4 Å². The minimum absolute atomic E-state index is 0.393. The van der Waals surface area contributed by atoms with Crippen molar-refractivity contribution in [2.75, 3.05) is 20.8 Å². The van der Waals surface area contributed by atoms with Gasteiger partial charge in [-0.3, -0.25) is 0 Å². The van der Waals surface area contributed by atoms with Crippen LogP contribution in [0.5, 0.6) is 23.0 Å². The number of para-hydroxylation sites is 2. The van der Waals surface area contributed by atoms with Crippen molar-refractivity contribution in [3.63, 3.8) is 0 Å². The van der Waals surface area contributed by atoms with Crippen LogP contribution in [-0.4, -0.2) is 30.4 Å². The zero-order valence-corrected chi connectivity index (χ0v) is 18.5. The van der Waals surface area contributed by atoms with Crippen molar-refractivity contribution in [1.82, 2.24) is 9.55 Å². The van der Waals surface area contributed by atoms with Gasteiger partial charge in [0.2, 0.25) is 0 Å². The summed E-state index contributed by atoms with van der Waals surface area (Å²) >= 11 is 0. The molecule has 1 heterocycles. The fourth-order valence-electron chi connectivity index (χ4n) is 3.56. The Hall–Kier alpha value is -3.67. The van der Waals surface area contributed by atoms with E-state index in [1.807, 2.05) is 66.7 Å². The molecule has 0 aliphatic heterocycles. The first-order chi connectivity index (χ1) is 15.8. The van der Waals surface area contributed by atoms with E-state index in [9.17, 15) is 0 Å². The lowest BCUT2D eigenvalue weighted by Gasteiger charge is -2.12. The van der Waals surface area contributed by atoms with Gasteiger partial charge in [0.05, 0.1) is 31.9 Å². The predicted octanol–water partition coefficient (Wildman–Crippen LogP) is 5.49. The Kier molecular flexibility index (Phi) is 7.12. The van der Waals surface area contributed by atoms with Crippen molar-refractivity contribution in [2.24, 2.45) is 0 Å². The minimum Gasteiger partial charge on any atom is -0.497 e. The predicted molar refractivity (Wildman–Crippen MR) is 125 cm³/mol. The van der Waals surface area contributed by atoms with Crippen molar-refractivity contribution in [2.45, 2.75) is 26.0 Å². The molecule has 0 aliphatic rings. The van der Waals surface area contributed by atoms with Crippen LogP contribution in [0.3, 0.4) is 0 Å². The van der Waals surface area contributed by atoms with Crippen LogP contribution in [-0.2, 0) is 13.2 Å². The summed E-state index contributed by atoms with van der Waals surface area (Å²) in [6, 6.07) is 23.5. The van der Waals surface area contributed by atoms with Crippen LogP contribution in [0, 0.1) is 0 Å². The molecule has 0 amide bonds. The van der Waals surface area contributed by atoms with Crippen LogP contribution >= 0.6 is 0 Å². The topological polar surface area (TPSA) is 54.7 Å². The first kappa shape index (κ1) is 21.6. The van der Waals surface area contributed by atoms with Gasteiger partial charge in [0.15, 0.2) is 0 Å². The molecule has 0 N–H and O–H groups in total. The maximum atomic E-state index is 6.01. The van der Waals surface area contributed by atoms with E-state index in [1.165, 1.54) is 0 Å². The van der Waals surface area contributed by atoms with Crippen LogP contribution in [0.1, 0.15) is 18.7 Å². The van der Waals surface area contributed by atoms with Gasteiger partial charge < -0.3 is 23.5 Å². The number of benzene rings is 3. The Balaban J connectivity index is 1.36. The van der Waals surface area contributed by atoms with Crippen molar-refractivity contribution in [1.29, 1.82) is 0 Å². The zero-order valence-electron chi connectivity index (χ0n) is 18.5. The lowest BCUT2D eigenvalue weighted by Crippen LogP contribution is -2.09. The molecule has 1 aromatic heterocycles. The maximum absolute atomic E-state index is 6.01. The van der Waals surface area contributed by atoms with E-state index >= 15 is 0 Å². The van der Waals surface area contributed by atoms with Crippen LogP contribution < -0.4 is 18.9 Å². The van der Waals surface area contributed by atoms with E-state index in [4.69, 9.17) is 23.9 Å². The number of nitrogens with zero attached hydrogens (tertiary/aromatic N) is 2. The highest BCUT2D eigenvalue weighted by atomic mass is 16.5. The molecule has 0 fully saturated rings. The average Bonchev–Trinajstić information content (AvgIpc) is 3.20. The fraction of sp³-hybridized carbons (Fsp3) is 0.269. The molecule has 0 unspecified atom stereocenters. The number of hydrogen-bond donors (Lipinski definition) is 0. The van der Waals surface area contributed by atoms with Gasteiger partial charge in [-0.1, -0.05) is 18.2 Å². The molecule has 3 aromatic carbocycles. The second kappa shape index (κ2) is 10.6. The minimum atomic E-state index is 0.393. The van der Waals surface area contributed by atoms with Gasteiger partial charge in [-0.25, -0.2) is 4.98 Å². The van der Waals surface area contributed by atoms with Crippen molar-refractivity contribution in [3.8, 4) is 23.0 Å². The second-order valence-corrected chi connectivity index (χ2v) is 7.37. The van der Waals surface area contributed by atoms with Gasteiger partial charge in [0, 0.05) is 12.6 Å². The zero-order chi connectivity index (χ0) is 22.2. The number of aryl methyl sites for hydroxylation is 1. The Morgan fingerprint density at radius 1 is 0.719 bits per heavy atom. The van der Waals surface area contributed by atoms with Gasteiger partial charge in [0.25, 0.3) is 0 Å². The summed E-state index contributed by atoms with van der Waals surface area (Å²) in [7, 11) is 3.31. The first-order valence-corrected chi connectivity index (χ1v) is 10.7. The first-order valence-electron chi connectivity index (χ1n) is 10.7. The molecule has 4 aromatic rings. The van der Waals surface area contributed by atoms with E-state index in [1.54, 1.807) is 14.2 Å². The Morgan fingerprint density at radius 2 is 1.47 bits per heavy atom. The number of unbranched alkanes of at least 4 members (excludes halogenated alkanes) is 1. The van der Waals surface area contributed by atoms with Crippen LogP contribution in [0.2, 0.25) is 0 Å². The molecule has 166 valence electrons. The van der Waals surface area contributed by atoms with Gasteiger partial charge in [-0.05, 0) is 61.4 Å². The molecule has 32 heavy (non-hydrogen) atoms. The SMILES string of the molecule is COc1ccc(OCCCCn2c(COc3cccc(OC)c3)nc3ccccc32)cc1. The lowest BCUT2D eigenvalue weighted by atomic mass is 10.3. The molecule has 0 saturated heterocycles. The lowest BCUT2D eigenvalue weighted by molar-refractivity contribution is 0.283. The van der Waals surface area contributed by atoms with Crippen LogP contribution in [0.25, 0.3) is 11.0 Å². The number of fused-ring (bicyclic) bond motifs is 1. The molecular formula is C26H28N2O4. The fourth-order valence-corrected chi connectivity index (χ4v) is 3.56. The largest absolute Gasteiger partial charge is 0.497 e. The molecule has 6 nitrogen and oxygen atoms in total. The van der Waals surface area contributed by atoms with Crippen LogP contribution in [0.4, 0.5) is 0 Å². The van der Waals surface area contributed by atoms with Crippen molar-refractivity contribution < 1.29 is 18.9 Å². The third kappa shape index (κ3) is 5.32. The molecule has 0 saturated carbocycles. The van der Waals surface area contributed by atoms with E-state index in [0.29, 0.717) is 13.2 Å². The molecule has 0 aliphatic carbocycles. The Labute approximate surface area is 188 Å². The number of methoxy groups -OCH3 is 2. The summed E-state index contributed by atoms with van der Waals surface area (Å²) in [6.45, 7) is 1.90. The van der Waals surface area contributed by atoms with E-state index in [2.05, 4.69) is 10.6 Å². The highest BCUT2D eigenvalue weighted by Gasteiger charge is 2.11. The molecule has 4 rings (SSSR count). The number of aromatic nitrogens is 2. The number of imidazole rings is 1. The molecule has 0 bridgehead atoms. The van der Waals surface area contributed by atoms with Crippen LogP contribution in [0.15, 0.2) is 72.8 Å². The van der Waals surface area contributed by atoms with E-state index in [0.717, 1.165) is 59.2 Å². The number of rotatable bonds is 11. The summed E-state index contributed by atoms with van der Waals surface area (Å²) in [5, 5.41) is 0. The monoisotopic (exact) mass is 432 g/mol. The summed E-state index contributed by atoms with van der Waals surface area (Å²) in [6.07, 6.45) is 1.91. The van der Waals surface area contributed by atoms with Crippen molar-refractivity contribution >= 4 is 11.0 Å². The van der Waals surface area contributed by atoms with Gasteiger partial charge in [-0.2, -0.15) is 0 Å². The molecule has 6 heteroatoms. The van der Waals surface area contributed by atoms with Crippen molar-refractivity contribution in [3.05, 3.63) is 78.6 Å².